The van der Waals surface area contributed by atoms with Gasteiger partial charge in [0.2, 0.25) is 0 Å². The number of rotatable bonds is 2. The maximum atomic E-state index is 5.35. The Kier molecular flexibility index (Phi) is 3.01. The van der Waals surface area contributed by atoms with Gasteiger partial charge < -0.3 is 4.74 Å². The minimum absolute atomic E-state index is 0.731. The van der Waals surface area contributed by atoms with Crippen LogP contribution in [-0.2, 0) is 11.2 Å². The molecule has 1 heterocycles. The molecule has 1 atom stereocenters. The molecule has 1 nitrogen and oxygen atoms in total. The quantitative estimate of drug-likeness (QED) is 0.773. The van der Waals surface area contributed by atoms with Gasteiger partial charge in [-0.2, -0.15) is 0 Å². The van der Waals surface area contributed by atoms with Gasteiger partial charge in [-0.3, -0.25) is 0 Å². The molecule has 0 bridgehead atoms. The molecular weight excluding hydrogens is 228 g/mol. The molecule has 0 saturated carbocycles. The maximum absolute atomic E-state index is 5.35. The highest BCUT2D eigenvalue weighted by molar-refractivity contribution is 9.10. The van der Waals surface area contributed by atoms with E-state index in [9.17, 15) is 0 Å². The van der Waals surface area contributed by atoms with Crippen molar-refractivity contribution in [1.29, 1.82) is 0 Å². The Morgan fingerprint density at radius 2 is 2.38 bits per heavy atom. The van der Waals surface area contributed by atoms with Gasteiger partial charge >= 0.3 is 0 Å². The predicted octanol–water partition coefficient (Wildman–Crippen LogP) is 3.03. The summed E-state index contributed by atoms with van der Waals surface area (Å²) in [5.41, 5.74) is 1.41. The van der Waals surface area contributed by atoms with Crippen molar-refractivity contribution in [2.45, 2.75) is 12.8 Å². The van der Waals surface area contributed by atoms with Crippen LogP contribution in [0.25, 0.3) is 0 Å². The summed E-state index contributed by atoms with van der Waals surface area (Å²) in [6.07, 6.45) is 2.37. The van der Waals surface area contributed by atoms with Crippen LogP contribution in [0.15, 0.2) is 28.7 Å². The minimum atomic E-state index is 0.731. The van der Waals surface area contributed by atoms with Crippen LogP contribution in [0.3, 0.4) is 0 Å². The molecule has 1 aromatic carbocycles. The summed E-state index contributed by atoms with van der Waals surface area (Å²) in [4.78, 5) is 0. The fourth-order valence-electron chi connectivity index (χ4n) is 1.74. The monoisotopic (exact) mass is 240 g/mol. The van der Waals surface area contributed by atoms with Crippen LogP contribution in [0.4, 0.5) is 0 Å². The molecule has 0 amide bonds. The molecule has 0 aliphatic carbocycles. The average molecular weight is 241 g/mol. The van der Waals surface area contributed by atoms with Crippen LogP contribution in [0.1, 0.15) is 12.0 Å². The molecule has 1 aliphatic heterocycles. The van der Waals surface area contributed by atoms with E-state index in [0.717, 1.165) is 25.6 Å². The van der Waals surface area contributed by atoms with Crippen molar-refractivity contribution in [1.82, 2.24) is 0 Å². The van der Waals surface area contributed by atoms with E-state index in [0.29, 0.717) is 0 Å². The highest BCUT2D eigenvalue weighted by Crippen LogP contribution is 2.20. The molecule has 13 heavy (non-hydrogen) atoms. The second kappa shape index (κ2) is 4.25. The van der Waals surface area contributed by atoms with Gasteiger partial charge in [0.05, 0.1) is 0 Å². The van der Waals surface area contributed by atoms with E-state index < -0.39 is 0 Å². The van der Waals surface area contributed by atoms with Gasteiger partial charge in [0, 0.05) is 17.7 Å². The van der Waals surface area contributed by atoms with Gasteiger partial charge in [0.1, 0.15) is 0 Å². The van der Waals surface area contributed by atoms with Gasteiger partial charge in [0.25, 0.3) is 0 Å². The summed E-state index contributed by atoms with van der Waals surface area (Å²) in [5.74, 6) is 0.731. The van der Waals surface area contributed by atoms with Crippen molar-refractivity contribution >= 4 is 15.9 Å². The first-order valence-electron chi connectivity index (χ1n) is 4.67. The Morgan fingerprint density at radius 3 is 3.08 bits per heavy atom. The number of ether oxygens (including phenoxy) is 1. The first-order chi connectivity index (χ1) is 6.34. The fourth-order valence-corrected chi connectivity index (χ4v) is 2.19. The summed E-state index contributed by atoms with van der Waals surface area (Å²) >= 11 is 3.48. The van der Waals surface area contributed by atoms with Crippen molar-refractivity contribution < 1.29 is 4.74 Å². The molecule has 2 rings (SSSR count). The maximum Gasteiger partial charge on any atom is 0.0498 e. The van der Waals surface area contributed by atoms with Crippen LogP contribution in [0.5, 0.6) is 0 Å². The summed E-state index contributed by atoms with van der Waals surface area (Å²) in [5, 5.41) is 0. The topological polar surface area (TPSA) is 9.23 Å². The molecule has 1 saturated heterocycles. The third-order valence-electron chi connectivity index (χ3n) is 2.44. The molecular formula is C11H13BrO. The second-order valence-electron chi connectivity index (χ2n) is 3.56. The predicted molar refractivity (Wildman–Crippen MR) is 56.8 cm³/mol. The number of halogens is 1. The summed E-state index contributed by atoms with van der Waals surface area (Å²) in [7, 11) is 0. The lowest BCUT2D eigenvalue weighted by Crippen LogP contribution is -2.03. The smallest absolute Gasteiger partial charge is 0.0498 e. The lowest BCUT2D eigenvalue weighted by atomic mass is 9.99. The van der Waals surface area contributed by atoms with Crippen LogP contribution in [0.2, 0.25) is 0 Å². The molecule has 1 unspecified atom stereocenters. The summed E-state index contributed by atoms with van der Waals surface area (Å²) in [6, 6.07) is 8.53. The zero-order valence-corrected chi connectivity index (χ0v) is 9.09. The highest BCUT2D eigenvalue weighted by atomic mass is 79.9. The van der Waals surface area contributed by atoms with Crippen LogP contribution >= 0.6 is 15.9 Å². The van der Waals surface area contributed by atoms with Crippen molar-refractivity contribution in [3.63, 3.8) is 0 Å². The molecule has 0 spiro atoms. The Labute approximate surface area is 87.2 Å². The largest absolute Gasteiger partial charge is 0.381 e. The van der Waals surface area contributed by atoms with Crippen LogP contribution in [-0.4, -0.2) is 13.2 Å². The van der Waals surface area contributed by atoms with Crippen molar-refractivity contribution in [2.24, 2.45) is 5.92 Å². The lowest BCUT2D eigenvalue weighted by molar-refractivity contribution is 0.186. The van der Waals surface area contributed by atoms with E-state index in [1.807, 2.05) is 0 Å². The SMILES string of the molecule is Brc1cccc(CC2CCOC2)c1. The molecule has 1 aromatic rings. The number of hydrogen-bond donors (Lipinski definition) is 0. The van der Waals surface area contributed by atoms with Crippen molar-refractivity contribution in [2.75, 3.05) is 13.2 Å². The van der Waals surface area contributed by atoms with Gasteiger partial charge in [-0.1, -0.05) is 28.1 Å². The molecule has 70 valence electrons. The fraction of sp³-hybridized carbons (Fsp3) is 0.455. The molecule has 1 fully saturated rings. The standard InChI is InChI=1S/C11H13BrO/c12-11-3-1-2-9(7-11)6-10-4-5-13-8-10/h1-3,7,10H,4-6,8H2. The lowest BCUT2D eigenvalue weighted by Gasteiger charge is -2.07. The van der Waals surface area contributed by atoms with E-state index in [2.05, 4.69) is 40.2 Å². The Hall–Kier alpha value is -0.340. The summed E-state index contributed by atoms with van der Waals surface area (Å²) < 4.78 is 6.52. The molecule has 1 aliphatic rings. The summed E-state index contributed by atoms with van der Waals surface area (Å²) in [6.45, 7) is 1.88. The van der Waals surface area contributed by atoms with E-state index in [-0.39, 0.29) is 0 Å². The highest BCUT2D eigenvalue weighted by Gasteiger charge is 2.15. The first kappa shape index (κ1) is 9.22. The Balaban J connectivity index is 2.00. The zero-order chi connectivity index (χ0) is 9.10. The molecule has 2 heteroatoms. The van der Waals surface area contributed by atoms with Crippen molar-refractivity contribution in [3.05, 3.63) is 34.3 Å². The van der Waals surface area contributed by atoms with E-state index in [1.165, 1.54) is 16.5 Å². The second-order valence-corrected chi connectivity index (χ2v) is 4.48. The van der Waals surface area contributed by atoms with Gasteiger partial charge in [-0.05, 0) is 36.5 Å². The molecule has 0 radical (unpaired) electrons. The van der Waals surface area contributed by atoms with Gasteiger partial charge in [-0.25, -0.2) is 0 Å². The van der Waals surface area contributed by atoms with Gasteiger partial charge in [0.15, 0.2) is 0 Å². The molecule has 0 N–H and O–H groups in total. The van der Waals surface area contributed by atoms with Crippen molar-refractivity contribution in [3.8, 4) is 0 Å². The van der Waals surface area contributed by atoms with E-state index in [1.54, 1.807) is 0 Å². The Morgan fingerprint density at radius 1 is 1.46 bits per heavy atom. The average Bonchev–Trinajstić information content (AvgIpc) is 2.57. The third kappa shape index (κ3) is 2.55. The van der Waals surface area contributed by atoms with Crippen LogP contribution < -0.4 is 0 Å². The molecule has 0 aromatic heterocycles. The van der Waals surface area contributed by atoms with E-state index >= 15 is 0 Å². The number of benzene rings is 1. The number of hydrogen-bond acceptors (Lipinski definition) is 1. The minimum Gasteiger partial charge on any atom is -0.381 e. The third-order valence-corrected chi connectivity index (χ3v) is 2.93. The van der Waals surface area contributed by atoms with Gasteiger partial charge in [-0.15, -0.1) is 0 Å². The zero-order valence-electron chi connectivity index (χ0n) is 7.50. The van der Waals surface area contributed by atoms with E-state index in [4.69, 9.17) is 4.74 Å². The normalized spacial score (nSPS) is 22.1. The Bertz CT molecular complexity index is 279. The van der Waals surface area contributed by atoms with Crippen LogP contribution in [0, 0.1) is 5.92 Å². The first-order valence-corrected chi connectivity index (χ1v) is 5.46.